The third kappa shape index (κ3) is 4.15. The number of hydrogen-bond acceptors (Lipinski definition) is 4. The normalized spacial score (nSPS) is 18.5. The van der Waals surface area contributed by atoms with Gasteiger partial charge in [-0.05, 0) is 45.4 Å². The van der Waals surface area contributed by atoms with Crippen molar-refractivity contribution in [1.82, 2.24) is 15.6 Å². The van der Waals surface area contributed by atoms with Crippen LogP contribution < -0.4 is 10.6 Å². The molecule has 2 heterocycles. The van der Waals surface area contributed by atoms with Gasteiger partial charge in [-0.1, -0.05) is 23.7 Å². The van der Waals surface area contributed by atoms with Crippen molar-refractivity contribution >= 4 is 28.8 Å². The second kappa shape index (κ2) is 7.64. The van der Waals surface area contributed by atoms with Crippen LogP contribution in [0.4, 0.5) is 0 Å². The largest absolute Gasteiger partial charge is 0.347 e. The van der Waals surface area contributed by atoms with E-state index in [4.69, 9.17) is 16.6 Å². The Labute approximate surface area is 151 Å². The van der Waals surface area contributed by atoms with Gasteiger partial charge in [0.25, 0.3) is 0 Å². The minimum absolute atomic E-state index is 0.0800. The van der Waals surface area contributed by atoms with Crippen molar-refractivity contribution in [3.8, 4) is 11.3 Å². The van der Waals surface area contributed by atoms with E-state index < -0.39 is 0 Å². The third-order valence-corrected chi connectivity index (χ3v) is 5.68. The van der Waals surface area contributed by atoms with Gasteiger partial charge in [-0.15, -0.1) is 11.3 Å². The number of benzene rings is 1. The van der Waals surface area contributed by atoms with E-state index in [0.29, 0.717) is 17.5 Å². The number of aryl methyl sites for hydroxylation is 1. The van der Waals surface area contributed by atoms with Gasteiger partial charge >= 0.3 is 0 Å². The smallest absolute Gasteiger partial charge is 0.222 e. The molecule has 6 heteroatoms. The van der Waals surface area contributed by atoms with Gasteiger partial charge in [0.2, 0.25) is 5.91 Å². The molecule has 1 aliphatic heterocycles. The molecular weight excluding hydrogens is 342 g/mol. The summed E-state index contributed by atoms with van der Waals surface area (Å²) in [6.07, 6.45) is 2.78. The van der Waals surface area contributed by atoms with Crippen molar-refractivity contribution < 1.29 is 4.79 Å². The van der Waals surface area contributed by atoms with Crippen LogP contribution in [0, 0.1) is 6.92 Å². The van der Waals surface area contributed by atoms with E-state index in [9.17, 15) is 4.79 Å². The summed E-state index contributed by atoms with van der Waals surface area (Å²) in [7, 11) is 0. The number of carbonyl (C=O) groups is 1. The minimum Gasteiger partial charge on any atom is -0.347 e. The topological polar surface area (TPSA) is 54.0 Å². The standard InChI is InChI=1S/C18H22ClN3OS/c1-11(21-16(23)10-15-4-3-9-20-15)18-22-17(12(2)24-18)13-5-7-14(19)8-6-13/h5-8,11,15,20H,3-4,9-10H2,1-2H3,(H,21,23). The summed E-state index contributed by atoms with van der Waals surface area (Å²) in [5.74, 6) is 0.0859. The molecule has 0 aliphatic carbocycles. The highest BCUT2D eigenvalue weighted by atomic mass is 35.5. The molecule has 0 bridgehead atoms. The lowest BCUT2D eigenvalue weighted by Gasteiger charge is -2.14. The molecule has 2 aromatic rings. The lowest BCUT2D eigenvalue weighted by molar-refractivity contribution is -0.122. The molecule has 0 radical (unpaired) electrons. The fourth-order valence-corrected chi connectivity index (χ4v) is 4.07. The number of amides is 1. The Hall–Kier alpha value is -1.43. The summed E-state index contributed by atoms with van der Waals surface area (Å²) in [6, 6.07) is 7.93. The Morgan fingerprint density at radius 1 is 1.46 bits per heavy atom. The van der Waals surface area contributed by atoms with Gasteiger partial charge < -0.3 is 10.6 Å². The van der Waals surface area contributed by atoms with Crippen molar-refractivity contribution in [2.24, 2.45) is 0 Å². The quantitative estimate of drug-likeness (QED) is 0.841. The maximum Gasteiger partial charge on any atom is 0.222 e. The zero-order valence-electron chi connectivity index (χ0n) is 13.9. The molecule has 0 saturated carbocycles. The summed E-state index contributed by atoms with van der Waals surface area (Å²) in [6.45, 7) is 5.07. The molecule has 1 fully saturated rings. The number of rotatable bonds is 5. The number of carbonyl (C=O) groups excluding carboxylic acids is 1. The number of thiazole rings is 1. The van der Waals surface area contributed by atoms with E-state index in [1.807, 2.05) is 31.2 Å². The number of nitrogens with zero attached hydrogens (tertiary/aromatic N) is 1. The maximum absolute atomic E-state index is 12.2. The minimum atomic E-state index is -0.0800. The first-order valence-corrected chi connectivity index (χ1v) is 9.48. The molecule has 1 amide bonds. The molecule has 1 saturated heterocycles. The van der Waals surface area contributed by atoms with Crippen LogP contribution in [-0.2, 0) is 4.79 Å². The second-order valence-corrected chi connectivity index (χ2v) is 7.92. The number of nitrogens with one attached hydrogen (secondary N) is 2. The number of halogens is 1. The highest BCUT2D eigenvalue weighted by Gasteiger charge is 2.21. The predicted octanol–water partition coefficient (Wildman–Crippen LogP) is 4.09. The molecule has 128 valence electrons. The molecule has 2 atom stereocenters. The molecule has 4 nitrogen and oxygen atoms in total. The van der Waals surface area contributed by atoms with Crippen molar-refractivity contribution in [3.63, 3.8) is 0 Å². The monoisotopic (exact) mass is 363 g/mol. The average molecular weight is 364 g/mol. The summed E-state index contributed by atoms with van der Waals surface area (Å²) >= 11 is 7.58. The highest BCUT2D eigenvalue weighted by Crippen LogP contribution is 2.31. The first-order valence-electron chi connectivity index (χ1n) is 8.29. The lowest BCUT2D eigenvalue weighted by atomic mass is 10.1. The van der Waals surface area contributed by atoms with Crippen LogP contribution in [0.1, 0.15) is 42.1 Å². The Morgan fingerprint density at radius 2 is 2.21 bits per heavy atom. The zero-order chi connectivity index (χ0) is 17.1. The van der Waals surface area contributed by atoms with E-state index >= 15 is 0 Å². The highest BCUT2D eigenvalue weighted by molar-refractivity contribution is 7.12. The van der Waals surface area contributed by atoms with E-state index in [2.05, 4.69) is 17.6 Å². The van der Waals surface area contributed by atoms with E-state index in [1.54, 1.807) is 11.3 Å². The Balaban J connectivity index is 1.66. The maximum atomic E-state index is 12.2. The van der Waals surface area contributed by atoms with E-state index in [0.717, 1.165) is 40.5 Å². The van der Waals surface area contributed by atoms with Crippen LogP contribution in [-0.4, -0.2) is 23.5 Å². The Kier molecular flexibility index (Phi) is 5.54. The first-order chi connectivity index (χ1) is 11.5. The van der Waals surface area contributed by atoms with Gasteiger partial charge in [0.05, 0.1) is 11.7 Å². The molecule has 1 aliphatic rings. The summed E-state index contributed by atoms with van der Waals surface area (Å²) in [5.41, 5.74) is 2.01. The molecule has 2 N–H and O–H groups in total. The second-order valence-electron chi connectivity index (χ2n) is 6.25. The van der Waals surface area contributed by atoms with Gasteiger partial charge in [0.1, 0.15) is 5.01 Å². The van der Waals surface area contributed by atoms with Gasteiger partial charge in [-0.3, -0.25) is 4.79 Å². The van der Waals surface area contributed by atoms with Gasteiger partial charge in [-0.2, -0.15) is 0 Å². The first kappa shape index (κ1) is 17.4. The van der Waals surface area contributed by atoms with Crippen LogP contribution in [0.2, 0.25) is 5.02 Å². The van der Waals surface area contributed by atoms with Crippen LogP contribution in [0.25, 0.3) is 11.3 Å². The lowest BCUT2D eigenvalue weighted by Crippen LogP contribution is -2.33. The molecule has 3 rings (SSSR count). The van der Waals surface area contributed by atoms with Crippen molar-refractivity contribution in [3.05, 3.63) is 39.2 Å². The van der Waals surface area contributed by atoms with Crippen LogP contribution >= 0.6 is 22.9 Å². The molecule has 0 spiro atoms. The summed E-state index contributed by atoms with van der Waals surface area (Å²) in [5, 5.41) is 8.08. The Morgan fingerprint density at radius 3 is 2.88 bits per heavy atom. The van der Waals surface area contributed by atoms with Crippen LogP contribution in [0.3, 0.4) is 0 Å². The van der Waals surface area contributed by atoms with Crippen LogP contribution in [0.5, 0.6) is 0 Å². The molecule has 24 heavy (non-hydrogen) atoms. The molecule has 1 aromatic carbocycles. The molecular formula is C18H22ClN3OS. The summed E-state index contributed by atoms with van der Waals surface area (Å²) < 4.78 is 0. The Bertz CT molecular complexity index is 708. The van der Waals surface area contributed by atoms with Crippen LogP contribution in [0.15, 0.2) is 24.3 Å². The predicted molar refractivity (Wildman–Crippen MR) is 99.5 cm³/mol. The van der Waals surface area contributed by atoms with Crippen molar-refractivity contribution in [2.75, 3.05) is 6.54 Å². The molecule has 1 aromatic heterocycles. The van der Waals surface area contributed by atoms with E-state index in [-0.39, 0.29) is 11.9 Å². The molecule has 2 unspecified atom stereocenters. The zero-order valence-corrected chi connectivity index (χ0v) is 15.5. The average Bonchev–Trinajstić information content (AvgIpc) is 3.17. The summed E-state index contributed by atoms with van der Waals surface area (Å²) in [4.78, 5) is 18.1. The van der Waals surface area contributed by atoms with Crippen molar-refractivity contribution in [1.29, 1.82) is 0 Å². The number of hydrogen-bond donors (Lipinski definition) is 2. The van der Waals surface area contributed by atoms with Gasteiger partial charge in [0, 0.05) is 27.9 Å². The fourth-order valence-electron chi connectivity index (χ4n) is 2.99. The fraction of sp³-hybridized carbons (Fsp3) is 0.444. The van der Waals surface area contributed by atoms with Gasteiger partial charge in [0.15, 0.2) is 0 Å². The SMILES string of the molecule is Cc1sc(C(C)NC(=O)CC2CCCN2)nc1-c1ccc(Cl)cc1. The van der Waals surface area contributed by atoms with Crippen molar-refractivity contribution in [2.45, 2.75) is 45.2 Å². The number of aromatic nitrogens is 1. The van der Waals surface area contributed by atoms with E-state index in [1.165, 1.54) is 0 Å². The third-order valence-electron chi connectivity index (χ3n) is 4.27. The van der Waals surface area contributed by atoms with Gasteiger partial charge in [-0.25, -0.2) is 4.98 Å².